The van der Waals surface area contributed by atoms with Gasteiger partial charge < -0.3 is 4.74 Å². The highest BCUT2D eigenvalue weighted by Crippen LogP contribution is 2.19. The Bertz CT molecular complexity index is 225. The van der Waals surface area contributed by atoms with Crippen LogP contribution in [0, 0.1) is 0 Å². The van der Waals surface area contributed by atoms with Gasteiger partial charge >= 0.3 is 5.97 Å². The van der Waals surface area contributed by atoms with Crippen LogP contribution in [0.3, 0.4) is 0 Å². The van der Waals surface area contributed by atoms with Crippen LogP contribution in [0.2, 0.25) is 0 Å². The van der Waals surface area contributed by atoms with Gasteiger partial charge in [0.2, 0.25) is 0 Å². The molecular formula is C9H15NO2. The molecule has 1 aliphatic rings. The molecule has 68 valence electrons. The fraction of sp³-hybridized carbons (Fsp3) is 0.778. The number of ether oxygens (including phenoxy) is 1. The van der Waals surface area contributed by atoms with Gasteiger partial charge in [0.25, 0.3) is 0 Å². The second kappa shape index (κ2) is 2.88. The quantitative estimate of drug-likeness (QED) is 0.588. The minimum Gasteiger partial charge on any atom is -0.458 e. The number of hydrogen-bond acceptors (Lipinski definition) is 3. The Morgan fingerprint density at radius 2 is 2.17 bits per heavy atom. The summed E-state index contributed by atoms with van der Waals surface area (Å²) in [7, 11) is 0. The summed E-state index contributed by atoms with van der Waals surface area (Å²) in [6, 6.07) is -0.255. The smallest absolute Gasteiger partial charge is 0.337 e. The molecule has 0 aromatic carbocycles. The summed E-state index contributed by atoms with van der Waals surface area (Å²) in [5.74, 6) is -0.209. The lowest BCUT2D eigenvalue weighted by molar-refractivity contribution is -0.153. The Morgan fingerprint density at radius 3 is 2.50 bits per heavy atom. The monoisotopic (exact) mass is 169 g/mol. The number of aliphatic imine (C=N–C) groups is 1. The molecular weight excluding hydrogens is 154 g/mol. The zero-order valence-electron chi connectivity index (χ0n) is 8.05. The van der Waals surface area contributed by atoms with Crippen LogP contribution in [-0.4, -0.2) is 23.3 Å². The molecule has 0 saturated heterocycles. The van der Waals surface area contributed by atoms with Crippen molar-refractivity contribution in [2.24, 2.45) is 4.99 Å². The van der Waals surface area contributed by atoms with Crippen LogP contribution in [0.25, 0.3) is 0 Å². The van der Waals surface area contributed by atoms with Gasteiger partial charge in [-0.15, -0.1) is 0 Å². The van der Waals surface area contributed by atoms with Gasteiger partial charge in [-0.25, -0.2) is 4.79 Å². The third-order valence-corrected chi connectivity index (χ3v) is 1.54. The van der Waals surface area contributed by atoms with Crippen molar-refractivity contribution in [1.82, 2.24) is 0 Å². The molecule has 1 rings (SSSR count). The minimum absolute atomic E-state index is 0.209. The van der Waals surface area contributed by atoms with E-state index < -0.39 is 5.60 Å². The van der Waals surface area contributed by atoms with Crippen molar-refractivity contribution in [2.75, 3.05) is 0 Å². The van der Waals surface area contributed by atoms with E-state index in [1.165, 1.54) is 0 Å². The zero-order chi connectivity index (χ0) is 9.35. The first-order chi connectivity index (χ1) is 5.44. The third-order valence-electron chi connectivity index (χ3n) is 1.54. The van der Waals surface area contributed by atoms with Gasteiger partial charge in [0, 0.05) is 5.71 Å². The Balaban J connectivity index is 2.33. The molecule has 0 N–H and O–H groups in total. The van der Waals surface area contributed by atoms with Crippen molar-refractivity contribution in [1.29, 1.82) is 0 Å². The molecule has 3 heteroatoms. The Kier molecular flexibility index (Phi) is 2.22. The molecule has 0 aromatic rings. The predicted octanol–water partition coefficient (Wildman–Crippen LogP) is 1.56. The van der Waals surface area contributed by atoms with E-state index in [2.05, 4.69) is 4.99 Å². The van der Waals surface area contributed by atoms with E-state index in [-0.39, 0.29) is 12.0 Å². The largest absolute Gasteiger partial charge is 0.458 e. The van der Waals surface area contributed by atoms with Crippen LogP contribution in [0.5, 0.6) is 0 Å². The summed E-state index contributed by atoms with van der Waals surface area (Å²) >= 11 is 0. The van der Waals surface area contributed by atoms with Gasteiger partial charge in [0.1, 0.15) is 5.60 Å². The van der Waals surface area contributed by atoms with E-state index in [0.717, 1.165) is 12.1 Å². The maximum absolute atomic E-state index is 11.3. The van der Waals surface area contributed by atoms with E-state index in [1.54, 1.807) is 0 Å². The lowest BCUT2D eigenvalue weighted by Gasteiger charge is -2.18. The first-order valence-electron chi connectivity index (χ1n) is 4.23. The van der Waals surface area contributed by atoms with E-state index in [0.29, 0.717) is 0 Å². The van der Waals surface area contributed by atoms with Gasteiger partial charge in [0.05, 0.1) is 0 Å². The maximum atomic E-state index is 11.3. The topological polar surface area (TPSA) is 38.7 Å². The highest BCUT2D eigenvalue weighted by Gasteiger charge is 2.36. The van der Waals surface area contributed by atoms with Crippen LogP contribution < -0.4 is 0 Å². The molecule has 1 heterocycles. The van der Waals surface area contributed by atoms with Gasteiger partial charge in [-0.3, -0.25) is 4.99 Å². The Morgan fingerprint density at radius 1 is 1.58 bits per heavy atom. The van der Waals surface area contributed by atoms with E-state index >= 15 is 0 Å². The van der Waals surface area contributed by atoms with Crippen LogP contribution in [0.4, 0.5) is 0 Å². The van der Waals surface area contributed by atoms with Crippen molar-refractivity contribution in [3.05, 3.63) is 0 Å². The van der Waals surface area contributed by atoms with Gasteiger partial charge in [0.15, 0.2) is 6.04 Å². The molecule has 0 bridgehead atoms. The molecule has 0 saturated carbocycles. The first kappa shape index (κ1) is 9.23. The second-order valence-corrected chi connectivity index (χ2v) is 3.91. The summed E-state index contributed by atoms with van der Waals surface area (Å²) in [4.78, 5) is 15.3. The van der Waals surface area contributed by atoms with E-state index in [9.17, 15) is 4.79 Å². The SMILES string of the molecule is CCC1=N[C@@H]1C(=O)OC(C)(C)C. The molecule has 0 amide bonds. The fourth-order valence-corrected chi connectivity index (χ4v) is 0.960. The number of carbonyl (C=O) groups is 1. The van der Waals surface area contributed by atoms with Crippen molar-refractivity contribution in [3.8, 4) is 0 Å². The zero-order valence-corrected chi connectivity index (χ0v) is 8.05. The molecule has 1 atom stereocenters. The van der Waals surface area contributed by atoms with Crippen molar-refractivity contribution >= 4 is 11.7 Å². The second-order valence-electron chi connectivity index (χ2n) is 3.91. The molecule has 12 heavy (non-hydrogen) atoms. The normalized spacial score (nSPS) is 21.7. The molecule has 0 unspecified atom stereocenters. The van der Waals surface area contributed by atoms with Crippen molar-refractivity contribution in [3.63, 3.8) is 0 Å². The number of esters is 1. The molecule has 0 aromatic heterocycles. The Hall–Kier alpha value is -0.860. The fourth-order valence-electron chi connectivity index (χ4n) is 0.960. The molecule has 0 spiro atoms. The standard InChI is InChI=1S/C9H15NO2/c1-5-6-7(10-6)8(11)12-9(2,3)4/h7H,5H2,1-4H3/t7-/m0/s1. The van der Waals surface area contributed by atoms with Gasteiger partial charge in [-0.1, -0.05) is 6.92 Å². The predicted molar refractivity (Wildman–Crippen MR) is 47.4 cm³/mol. The lowest BCUT2D eigenvalue weighted by Crippen LogP contribution is -2.28. The number of rotatable bonds is 2. The van der Waals surface area contributed by atoms with Crippen LogP contribution in [0.1, 0.15) is 34.1 Å². The number of nitrogens with zero attached hydrogens (tertiary/aromatic N) is 1. The Labute approximate surface area is 72.8 Å². The van der Waals surface area contributed by atoms with Gasteiger partial charge in [-0.2, -0.15) is 0 Å². The third kappa shape index (κ3) is 2.32. The van der Waals surface area contributed by atoms with Crippen molar-refractivity contribution in [2.45, 2.75) is 45.8 Å². The molecule has 3 nitrogen and oxygen atoms in total. The van der Waals surface area contributed by atoms with E-state index in [1.807, 2.05) is 27.7 Å². The van der Waals surface area contributed by atoms with Crippen LogP contribution in [0.15, 0.2) is 4.99 Å². The first-order valence-corrected chi connectivity index (χ1v) is 4.23. The summed E-state index contributed by atoms with van der Waals surface area (Å²) in [6.07, 6.45) is 0.851. The van der Waals surface area contributed by atoms with Crippen LogP contribution >= 0.6 is 0 Å². The van der Waals surface area contributed by atoms with Crippen LogP contribution in [-0.2, 0) is 9.53 Å². The lowest BCUT2D eigenvalue weighted by atomic mass is 10.2. The highest BCUT2D eigenvalue weighted by atomic mass is 16.6. The number of hydrogen-bond donors (Lipinski definition) is 0. The summed E-state index contributed by atoms with van der Waals surface area (Å²) in [5.41, 5.74) is 0.567. The van der Waals surface area contributed by atoms with Crippen molar-refractivity contribution < 1.29 is 9.53 Å². The maximum Gasteiger partial charge on any atom is 0.337 e. The summed E-state index contributed by atoms with van der Waals surface area (Å²) in [5, 5.41) is 0. The average Bonchev–Trinajstić information content (AvgIpc) is 2.60. The summed E-state index contributed by atoms with van der Waals surface area (Å²) < 4.78 is 5.14. The molecule has 0 aliphatic carbocycles. The highest BCUT2D eigenvalue weighted by molar-refractivity contribution is 6.16. The molecule has 1 aliphatic heterocycles. The average molecular weight is 169 g/mol. The minimum atomic E-state index is -0.395. The molecule has 0 fully saturated rings. The molecule has 0 radical (unpaired) electrons. The summed E-state index contributed by atoms with van der Waals surface area (Å²) in [6.45, 7) is 7.57. The number of carbonyl (C=O) groups excluding carboxylic acids is 1. The van der Waals surface area contributed by atoms with Gasteiger partial charge in [-0.05, 0) is 27.2 Å². The van der Waals surface area contributed by atoms with E-state index in [4.69, 9.17) is 4.74 Å².